The number of nitrogens with one attached hydrogen (secondary N) is 1. The predicted molar refractivity (Wildman–Crippen MR) is 96.9 cm³/mol. The number of thiazole rings is 1. The van der Waals surface area contributed by atoms with Crippen LogP contribution in [-0.4, -0.2) is 16.0 Å². The van der Waals surface area contributed by atoms with Crippen LogP contribution < -0.4 is 11.1 Å². The molecule has 5 nitrogen and oxygen atoms in total. The van der Waals surface area contributed by atoms with Gasteiger partial charge in [-0.2, -0.15) is 0 Å². The predicted octanol–water partition coefficient (Wildman–Crippen LogP) is 3.98. The summed E-state index contributed by atoms with van der Waals surface area (Å²) in [5.41, 5.74) is 10.1. The fourth-order valence-corrected chi connectivity index (χ4v) is 3.27. The summed E-state index contributed by atoms with van der Waals surface area (Å²) >= 11 is 1.47. The Morgan fingerprint density at radius 3 is 2.54 bits per heavy atom. The lowest BCUT2D eigenvalue weighted by molar-refractivity contribution is 0.0998. The molecule has 0 unspecified atom stereocenters. The van der Waals surface area contributed by atoms with Crippen LogP contribution in [0.2, 0.25) is 0 Å². The molecule has 0 aliphatic heterocycles. The van der Waals surface area contributed by atoms with Gasteiger partial charge in [0.2, 0.25) is 0 Å². The van der Waals surface area contributed by atoms with E-state index in [0.29, 0.717) is 0 Å². The molecule has 0 saturated heterocycles. The van der Waals surface area contributed by atoms with E-state index in [-0.39, 0.29) is 11.3 Å². The number of benzene rings is 2. The van der Waals surface area contributed by atoms with Gasteiger partial charge in [0.15, 0.2) is 5.13 Å². The number of phenols is 1. The number of aromatic hydroxyl groups is 1. The van der Waals surface area contributed by atoms with E-state index in [1.165, 1.54) is 28.5 Å². The number of anilines is 2. The molecule has 1 aromatic heterocycles. The Morgan fingerprint density at radius 1 is 1.17 bits per heavy atom. The van der Waals surface area contributed by atoms with Gasteiger partial charge in [0.1, 0.15) is 5.75 Å². The molecule has 0 spiro atoms. The van der Waals surface area contributed by atoms with Gasteiger partial charge in [-0.15, -0.1) is 11.3 Å². The summed E-state index contributed by atoms with van der Waals surface area (Å²) in [7, 11) is 0. The zero-order valence-corrected chi connectivity index (χ0v) is 14.1. The number of nitrogens with two attached hydrogens (primary N) is 1. The summed E-state index contributed by atoms with van der Waals surface area (Å²) in [6.45, 7) is 4.10. The highest BCUT2D eigenvalue weighted by Gasteiger charge is 2.11. The third-order valence-corrected chi connectivity index (χ3v) is 4.29. The first-order valence-corrected chi connectivity index (χ1v) is 8.24. The molecule has 2 aromatic carbocycles. The Hall–Kier alpha value is -2.86. The highest BCUT2D eigenvalue weighted by atomic mass is 32.1. The zero-order valence-electron chi connectivity index (χ0n) is 13.3. The SMILES string of the molecule is Cc1cc(C)cc(Nc2nc(-c3ccc(O)c(C(N)=O)c3)cs2)c1. The summed E-state index contributed by atoms with van der Waals surface area (Å²) in [6, 6.07) is 10.9. The standard InChI is InChI=1S/C18H17N3O2S/c1-10-5-11(2)7-13(6-10)20-18-21-15(9-24-18)12-3-4-16(22)14(8-12)17(19)23/h3-9,22H,1-2H3,(H2,19,23)(H,20,21). The fourth-order valence-electron chi connectivity index (χ4n) is 2.53. The minimum absolute atomic E-state index is 0.0873. The number of hydrogen-bond donors (Lipinski definition) is 3. The Kier molecular flexibility index (Phi) is 4.22. The van der Waals surface area contributed by atoms with E-state index in [1.807, 2.05) is 19.2 Å². The van der Waals surface area contributed by atoms with Gasteiger partial charge in [-0.05, 0) is 55.3 Å². The minimum Gasteiger partial charge on any atom is -0.507 e. The van der Waals surface area contributed by atoms with E-state index in [1.54, 1.807) is 12.1 Å². The minimum atomic E-state index is -0.668. The van der Waals surface area contributed by atoms with Crippen LogP contribution in [0.5, 0.6) is 5.75 Å². The number of carbonyl (C=O) groups excluding carboxylic acids is 1. The normalized spacial score (nSPS) is 10.6. The molecular weight excluding hydrogens is 322 g/mol. The van der Waals surface area contributed by atoms with Gasteiger partial charge in [-0.3, -0.25) is 4.79 Å². The average molecular weight is 339 g/mol. The monoisotopic (exact) mass is 339 g/mol. The van der Waals surface area contributed by atoms with Crippen molar-refractivity contribution < 1.29 is 9.90 Å². The zero-order chi connectivity index (χ0) is 17.3. The van der Waals surface area contributed by atoms with Gasteiger partial charge < -0.3 is 16.2 Å². The van der Waals surface area contributed by atoms with Crippen LogP contribution in [0.3, 0.4) is 0 Å². The summed E-state index contributed by atoms with van der Waals surface area (Å²) in [5, 5.41) is 15.6. The van der Waals surface area contributed by atoms with Gasteiger partial charge >= 0.3 is 0 Å². The van der Waals surface area contributed by atoms with Crippen LogP contribution in [0.15, 0.2) is 41.8 Å². The highest BCUT2D eigenvalue weighted by Crippen LogP contribution is 2.30. The van der Waals surface area contributed by atoms with Crippen LogP contribution in [-0.2, 0) is 0 Å². The fraction of sp³-hybridized carbons (Fsp3) is 0.111. The van der Waals surface area contributed by atoms with Crippen LogP contribution in [0.25, 0.3) is 11.3 Å². The van der Waals surface area contributed by atoms with E-state index >= 15 is 0 Å². The van der Waals surface area contributed by atoms with Crippen LogP contribution in [0, 0.1) is 13.8 Å². The van der Waals surface area contributed by atoms with Crippen molar-refractivity contribution in [1.29, 1.82) is 0 Å². The number of amides is 1. The molecule has 122 valence electrons. The maximum Gasteiger partial charge on any atom is 0.252 e. The van der Waals surface area contributed by atoms with E-state index in [4.69, 9.17) is 5.73 Å². The molecule has 3 rings (SSSR count). The smallest absolute Gasteiger partial charge is 0.252 e. The van der Waals surface area contributed by atoms with Gasteiger partial charge in [0.05, 0.1) is 11.3 Å². The molecule has 1 amide bonds. The number of nitrogens with zero attached hydrogens (tertiary/aromatic N) is 1. The van der Waals surface area contributed by atoms with Crippen molar-refractivity contribution in [1.82, 2.24) is 4.98 Å². The largest absolute Gasteiger partial charge is 0.507 e. The topological polar surface area (TPSA) is 88.2 Å². The van der Waals surface area contributed by atoms with Crippen molar-refractivity contribution in [2.75, 3.05) is 5.32 Å². The summed E-state index contributed by atoms with van der Waals surface area (Å²) < 4.78 is 0. The Balaban J connectivity index is 1.88. The second kappa shape index (κ2) is 6.33. The van der Waals surface area contributed by atoms with Crippen molar-refractivity contribution in [2.24, 2.45) is 5.73 Å². The van der Waals surface area contributed by atoms with Crippen LogP contribution in [0.4, 0.5) is 10.8 Å². The molecule has 0 saturated carbocycles. The van der Waals surface area contributed by atoms with Gasteiger partial charge in [0, 0.05) is 16.6 Å². The molecule has 24 heavy (non-hydrogen) atoms. The number of hydrogen-bond acceptors (Lipinski definition) is 5. The number of carbonyl (C=O) groups is 1. The van der Waals surface area contributed by atoms with E-state index < -0.39 is 5.91 Å². The van der Waals surface area contributed by atoms with Crippen LogP contribution >= 0.6 is 11.3 Å². The molecule has 0 bridgehead atoms. The molecule has 0 radical (unpaired) electrons. The maximum absolute atomic E-state index is 11.3. The average Bonchev–Trinajstić information content (AvgIpc) is 2.94. The first-order chi connectivity index (χ1) is 11.4. The Bertz CT molecular complexity index is 898. The first kappa shape index (κ1) is 16.0. The molecule has 4 N–H and O–H groups in total. The molecular formula is C18H17N3O2S. The van der Waals surface area contributed by atoms with E-state index in [9.17, 15) is 9.90 Å². The lowest BCUT2D eigenvalue weighted by Crippen LogP contribution is -2.11. The lowest BCUT2D eigenvalue weighted by Gasteiger charge is -2.06. The van der Waals surface area contributed by atoms with Crippen molar-refractivity contribution in [3.63, 3.8) is 0 Å². The quantitative estimate of drug-likeness (QED) is 0.671. The molecule has 0 aliphatic carbocycles. The van der Waals surface area contributed by atoms with Crippen molar-refractivity contribution >= 4 is 28.1 Å². The van der Waals surface area contributed by atoms with Crippen LogP contribution in [0.1, 0.15) is 21.5 Å². The molecule has 6 heteroatoms. The van der Waals surface area contributed by atoms with Crippen molar-refractivity contribution in [3.05, 3.63) is 58.5 Å². The highest BCUT2D eigenvalue weighted by molar-refractivity contribution is 7.14. The van der Waals surface area contributed by atoms with Gasteiger partial charge in [0.25, 0.3) is 5.91 Å². The van der Waals surface area contributed by atoms with Crippen molar-refractivity contribution in [3.8, 4) is 17.0 Å². The summed E-state index contributed by atoms with van der Waals surface area (Å²) in [6.07, 6.45) is 0. The third kappa shape index (κ3) is 3.38. The maximum atomic E-state index is 11.3. The molecule has 1 heterocycles. The van der Waals surface area contributed by atoms with Gasteiger partial charge in [-0.25, -0.2) is 4.98 Å². The summed E-state index contributed by atoms with van der Waals surface area (Å²) in [5.74, 6) is -0.798. The molecule has 0 fully saturated rings. The molecule has 0 atom stereocenters. The second-order valence-electron chi connectivity index (χ2n) is 5.64. The number of rotatable bonds is 4. The van der Waals surface area contributed by atoms with E-state index in [0.717, 1.165) is 22.1 Å². The van der Waals surface area contributed by atoms with E-state index in [2.05, 4.69) is 28.5 Å². The third-order valence-electron chi connectivity index (χ3n) is 3.53. The van der Waals surface area contributed by atoms with Crippen molar-refractivity contribution in [2.45, 2.75) is 13.8 Å². The Labute approximate surface area is 143 Å². The molecule has 3 aromatic rings. The Morgan fingerprint density at radius 2 is 1.88 bits per heavy atom. The lowest BCUT2D eigenvalue weighted by atomic mass is 10.1. The summed E-state index contributed by atoms with van der Waals surface area (Å²) in [4.78, 5) is 15.9. The number of aryl methyl sites for hydroxylation is 2. The van der Waals surface area contributed by atoms with Gasteiger partial charge in [-0.1, -0.05) is 6.07 Å². The second-order valence-corrected chi connectivity index (χ2v) is 6.49. The first-order valence-electron chi connectivity index (χ1n) is 7.36. The number of aromatic nitrogens is 1. The number of primary amides is 1. The molecule has 0 aliphatic rings.